The summed E-state index contributed by atoms with van der Waals surface area (Å²) in [6, 6.07) is 4.98. The quantitative estimate of drug-likeness (QED) is 0.934. The number of rotatable bonds is 3. The second-order valence-corrected chi connectivity index (χ2v) is 4.51. The Kier molecular flexibility index (Phi) is 3.78. The van der Waals surface area contributed by atoms with Crippen molar-refractivity contribution in [2.24, 2.45) is 0 Å². The molecule has 2 aromatic rings. The van der Waals surface area contributed by atoms with Crippen LogP contribution in [0.1, 0.15) is 10.5 Å². The molecule has 0 aliphatic rings. The fourth-order valence-corrected chi connectivity index (χ4v) is 1.70. The highest BCUT2D eigenvalue weighted by Crippen LogP contribution is 2.31. The second kappa shape index (κ2) is 5.32. The van der Waals surface area contributed by atoms with Crippen LogP contribution in [0.2, 0.25) is 5.02 Å². The Bertz CT molecular complexity index is 607. The van der Waals surface area contributed by atoms with Crippen LogP contribution in [0.3, 0.4) is 0 Å². The van der Waals surface area contributed by atoms with Crippen LogP contribution in [0.5, 0.6) is 11.6 Å². The van der Waals surface area contributed by atoms with Crippen LogP contribution in [0.15, 0.2) is 35.1 Å². The molecule has 1 heterocycles. The van der Waals surface area contributed by atoms with E-state index >= 15 is 0 Å². The standard InChI is InChI=1S/C11H6BrClN2O3/c12-6-1-2-7(13)8(5-6)18-10-9(11(16)17)14-3-4-15-10/h1-5H,(H,16,17). The molecule has 1 N–H and O–H groups in total. The minimum Gasteiger partial charge on any atom is -0.476 e. The molecule has 0 amide bonds. The van der Waals surface area contributed by atoms with Gasteiger partial charge in [0.2, 0.25) is 5.69 Å². The number of hydrogen-bond acceptors (Lipinski definition) is 4. The molecule has 18 heavy (non-hydrogen) atoms. The molecule has 7 heteroatoms. The van der Waals surface area contributed by atoms with E-state index in [1.54, 1.807) is 18.2 Å². The monoisotopic (exact) mass is 328 g/mol. The molecule has 0 spiro atoms. The molecule has 0 atom stereocenters. The van der Waals surface area contributed by atoms with Gasteiger partial charge in [-0.3, -0.25) is 0 Å². The van der Waals surface area contributed by atoms with Gasteiger partial charge in [-0.15, -0.1) is 0 Å². The van der Waals surface area contributed by atoms with Crippen molar-refractivity contribution in [3.05, 3.63) is 45.8 Å². The lowest BCUT2D eigenvalue weighted by atomic mass is 10.3. The lowest BCUT2D eigenvalue weighted by molar-refractivity contribution is 0.0686. The van der Waals surface area contributed by atoms with Crippen molar-refractivity contribution < 1.29 is 14.6 Å². The van der Waals surface area contributed by atoms with Crippen LogP contribution in [0.4, 0.5) is 0 Å². The van der Waals surface area contributed by atoms with Gasteiger partial charge in [-0.2, -0.15) is 0 Å². The number of ether oxygens (including phenoxy) is 1. The summed E-state index contributed by atoms with van der Waals surface area (Å²) in [5, 5.41) is 9.29. The maximum Gasteiger partial charge on any atom is 0.360 e. The maximum atomic E-state index is 10.9. The largest absolute Gasteiger partial charge is 0.476 e. The molecule has 0 saturated heterocycles. The lowest BCUT2D eigenvalue weighted by Crippen LogP contribution is -2.04. The van der Waals surface area contributed by atoms with Gasteiger partial charge in [0.05, 0.1) is 5.02 Å². The summed E-state index contributed by atoms with van der Waals surface area (Å²) >= 11 is 9.20. The Morgan fingerprint density at radius 2 is 2.06 bits per heavy atom. The van der Waals surface area contributed by atoms with Gasteiger partial charge in [0.25, 0.3) is 5.88 Å². The number of carboxylic acids is 1. The van der Waals surface area contributed by atoms with Crippen molar-refractivity contribution in [3.63, 3.8) is 0 Å². The van der Waals surface area contributed by atoms with Crippen molar-refractivity contribution >= 4 is 33.5 Å². The number of aromatic nitrogens is 2. The third kappa shape index (κ3) is 2.77. The molecule has 0 aliphatic heterocycles. The summed E-state index contributed by atoms with van der Waals surface area (Å²) in [5.74, 6) is -1.02. The predicted molar refractivity (Wildman–Crippen MR) is 68.2 cm³/mol. The molecule has 0 bridgehead atoms. The minimum atomic E-state index is -1.22. The molecule has 1 aromatic heterocycles. The Labute approximate surface area is 116 Å². The Balaban J connectivity index is 2.40. The van der Waals surface area contributed by atoms with E-state index in [1.807, 2.05) is 0 Å². The van der Waals surface area contributed by atoms with Gasteiger partial charge in [-0.25, -0.2) is 14.8 Å². The molecule has 92 valence electrons. The molecule has 5 nitrogen and oxygen atoms in total. The van der Waals surface area contributed by atoms with Crippen LogP contribution >= 0.6 is 27.5 Å². The summed E-state index contributed by atoms with van der Waals surface area (Å²) in [6.45, 7) is 0. The van der Waals surface area contributed by atoms with E-state index in [0.29, 0.717) is 10.8 Å². The number of carbonyl (C=O) groups is 1. The fraction of sp³-hybridized carbons (Fsp3) is 0. The fourth-order valence-electron chi connectivity index (χ4n) is 1.21. The minimum absolute atomic E-state index is 0.106. The zero-order valence-electron chi connectivity index (χ0n) is 8.80. The van der Waals surface area contributed by atoms with E-state index < -0.39 is 5.97 Å². The first-order chi connectivity index (χ1) is 8.58. The highest BCUT2D eigenvalue weighted by atomic mass is 79.9. The molecule has 0 fully saturated rings. The smallest absolute Gasteiger partial charge is 0.360 e. The van der Waals surface area contributed by atoms with E-state index in [1.165, 1.54) is 12.4 Å². The average Bonchev–Trinajstić information content (AvgIpc) is 2.34. The van der Waals surface area contributed by atoms with Gasteiger partial charge in [0.1, 0.15) is 5.75 Å². The molecule has 0 aliphatic carbocycles. The van der Waals surface area contributed by atoms with E-state index in [2.05, 4.69) is 25.9 Å². The summed E-state index contributed by atoms with van der Waals surface area (Å²) in [6.07, 6.45) is 2.62. The Hall–Kier alpha value is -1.66. The number of halogens is 2. The lowest BCUT2D eigenvalue weighted by Gasteiger charge is -2.08. The molecule has 0 unspecified atom stereocenters. The first-order valence-electron chi connectivity index (χ1n) is 4.75. The third-order valence-corrected chi connectivity index (χ3v) is 2.77. The van der Waals surface area contributed by atoms with Gasteiger partial charge in [-0.05, 0) is 18.2 Å². The number of benzene rings is 1. The van der Waals surface area contributed by atoms with E-state index in [9.17, 15) is 4.79 Å². The SMILES string of the molecule is O=C(O)c1nccnc1Oc1cc(Br)ccc1Cl. The maximum absolute atomic E-state index is 10.9. The van der Waals surface area contributed by atoms with Crippen LogP contribution in [-0.2, 0) is 0 Å². The summed E-state index contributed by atoms with van der Waals surface area (Å²) in [7, 11) is 0. The number of aromatic carboxylic acids is 1. The van der Waals surface area contributed by atoms with Crippen LogP contribution < -0.4 is 4.74 Å². The Morgan fingerprint density at radius 3 is 2.78 bits per heavy atom. The first-order valence-corrected chi connectivity index (χ1v) is 5.92. The van der Waals surface area contributed by atoms with Gasteiger partial charge in [0.15, 0.2) is 0 Å². The van der Waals surface area contributed by atoms with Gasteiger partial charge in [0, 0.05) is 16.9 Å². The van der Waals surface area contributed by atoms with Crippen LogP contribution in [0, 0.1) is 0 Å². The molecular formula is C11H6BrClN2O3. The van der Waals surface area contributed by atoms with Crippen molar-refractivity contribution in [3.8, 4) is 11.6 Å². The van der Waals surface area contributed by atoms with Gasteiger partial charge >= 0.3 is 5.97 Å². The summed E-state index contributed by atoms with van der Waals surface area (Å²) < 4.78 is 6.12. The zero-order chi connectivity index (χ0) is 13.1. The van der Waals surface area contributed by atoms with Crippen molar-refractivity contribution in [1.29, 1.82) is 0 Å². The summed E-state index contributed by atoms with van der Waals surface area (Å²) in [5.41, 5.74) is -0.270. The normalized spacial score (nSPS) is 10.1. The molecular weight excluding hydrogens is 323 g/mol. The summed E-state index contributed by atoms with van der Waals surface area (Å²) in [4.78, 5) is 18.5. The van der Waals surface area contributed by atoms with Crippen molar-refractivity contribution in [2.45, 2.75) is 0 Å². The van der Waals surface area contributed by atoms with Gasteiger partial charge < -0.3 is 9.84 Å². The van der Waals surface area contributed by atoms with Crippen molar-refractivity contribution in [2.75, 3.05) is 0 Å². The van der Waals surface area contributed by atoms with E-state index in [0.717, 1.165) is 4.47 Å². The predicted octanol–water partition coefficient (Wildman–Crippen LogP) is 3.38. The molecule has 2 rings (SSSR count). The van der Waals surface area contributed by atoms with Crippen LogP contribution in [-0.4, -0.2) is 21.0 Å². The third-order valence-electron chi connectivity index (χ3n) is 1.97. The second-order valence-electron chi connectivity index (χ2n) is 3.19. The molecule has 0 radical (unpaired) electrons. The first kappa shape index (κ1) is 12.8. The van der Waals surface area contributed by atoms with Gasteiger partial charge in [-0.1, -0.05) is 27.5 Å². The highest BCUT2D eigenvalue weighted by molar-refractivity contribution is 9.10. The van der Waals surface area contributed by atoms with E-state index in [-0.39, 0.29) is 11.6 Å². The number of nitrogens with zero attached hydrogens (tertiary/aromatic N) is 2. The highest BCUT2D eigenvalue weighted by Gasteiger charge is 2.16. The number of hydrogen-bond donors (Lipinski definition) is 1. The molecule has 0 saturated carbocycles. The van der Waals surface area contributed by atoms with E-state index in [4.69, 9.17) is 21.4 Å². The average molecular weight is 330 g/mol. The van der Waals surface area contributed by atoms with Crippen LogP contribution in [0.25, 0.3) is 0 Å². The topological polar surface area (TPSA) is 72.3 Å². The Morgan fingerprint density at radius 1 is 1.33 bits per heavy atom. The molecule has 1 aromatic carbocycles. The van der Waals surface area contributed by atoms with Crippen molar-refractivity contribution in [1.82, 2.24) is 9.97 Å². The number of carboxylic acid groups (broad SMARTS) is 1. The zero-order valence-corrected chi connectivity index (χ0v) is 11.1.